The Morgan fingerprint density at radius 2 is 1.10 bits per heavy atom. The first-order valence-electron chi connectivity index (χ1n) is 24.7. The fraction of sp³-hybridized carbons (Fsp3) is 0.0714. The van der Waals surface area contributed by atoms with Crippen LogP contribution < -0.4 is 15.8 Å². The topological polar surface area (TPSA) is 328 Å². The van der Waals surface area contributed by atoms with Crippen LogP contribution in [-0.4, -0.2) is 72.1 Å². The molecule has 0 atom stereocenters. The van der Waals surface area contributed by atoms with E-state index in [0.29, 0.717) is 68.5 Å². The summed E-state index contributed by atoms with van der Waals surface area (Å²) in [5.74, 6) is 0.441. The minimum absolute atomic E-state index is 0.00926. The molecule has 0 fully saturated rings. The second-order valence-electron chi connectivity index (χ2n) is 17.0. The highest BCUT2D eigenvalue weighted by Crippen LogP contribution is 2.24. The van der Waals surface area contributed by atoms with Gasteiger partial charge in [0.15, 0.2) is 17.2 Å². The monoisotopic (exact) mass is 1240 g/mol. The van der Waals surface area contributed by atoms with Crippen molar-refractivity contribution in [2.24, 2.45) is 0 Å². The van der Waals surface area contributed by atoms with Crippen LogP contribution in [0.15, 0.2) is 213 Å². The Bertz CT molecular complexity index is 4040. The summed E-state index contributed by atoms with van der Waals surface area (Å²) in [5.41, 5.74) is 8.81. The average Bonchev–Trinajstić information content (AvgIpc) is 4.49. The lowest BCUT2D eigenvalue weighted by Crippen LogP contribution is -2.11. The molecule has 8 aromatic heterocycles. The lowest BCUT2D eigenvalue weighted by Gasteiger charge is -2.03. The molecule has 0 saturated heterocycles. The summed E-state index contributed by atoms with van der Waals surface area (Å²) in [6, 6.07) is 35.8. The van der Waals surface area contributed by atoms with Crippen LogP contribution in [-0.2, 0) is 29.8 Å². The van der Waals surface area contributed by atoms with Crippen molar-refractivity contribution in [3.05, 3.63) is 267 Å². The van der Waals surface area contributed by atoms with Gasteiger partial charge in [-0.05, 0) is 59.3 Å². The van der Waals surface area contributed by atoms with E-state index in [4.69, 9.17) is 23.6 Å². The van der Waals surface area contributed by atoms with Gasteiger partial charge in [0.05, 0.1) is 78.0 Å². The molecule has 0 spiro atoms. The number of nitrogens with zero attached hydrogens (tertiary/aromatic N) is 11. The van der Waals surface area contributed by atoms with Gasteiger partial charge < -0.3 is 33.7 Å². The molecule has 0 unspecified atom stereocenters. The van der Waals surface area contributed by atoms with Crippen molar-refractivity contribution >= 4 is 51.1 Å². The number of furan rings is 2. The van der Waals surface area contributed by atoms with Gasteiger partial charge in [-0.2, -0.15) is 20.4 Å². The molecule has 30 heteroatoms. The van der Waals surface area contributed by atoms with Gasteiger partial charge in [0.1, 0.15) is 41.9 Å². The van der Waals surface area contributed by atoms with E-state index in [0.717, 1.165) is 12.4 Å². The number of hydrogen-bond acceptors (Lipinski definition) is 18. The standard InChI is InChI=1S/C18H13FN4O3.C10H8FN3O2.C10H10FN3.C8H5NO4.C7H6BrF.C3H3N3O2/c19-14-5-2-1-4-12(14)10-23-11-13(9-20-23)21-18(24)15-8-17(26-22-15)16-6-3-7-25-16;11-10-4-2-1-3-8(10)6-13-7-9(5-12-13)14(15)16;11-10-4-2-1-3-8(10)6-14-7-9(12)5-13-14;10-5-12-8-4-7(13-9-8)6-2-1-3-11-6;8-5-6-3-1-2-4-7(6)9;7-6(8)3-1-4-5-2-3/h1-9,11H,10H2,(H,21,24);1-5,7H,6H2;1-5,7H,6,12H2;1-5H;1-4H,5H2;1-2H,(H,4,5). The molecule has 0 aliphatic carbocycles. The average molecular weight is 1250 g/mol. The van der Waals surface area contributed by atoms with Crippen molar-refractivity contribution in [3.63, 3.8) is 0 Å². The fourth-order valence-corrected chi connectivity index (χ4v) is 7.33. The summed E-state index contributed by atoms with van der Waals surface area (Å²) in [7, 11) is 0. The Labute approximate surface area is 490 Å². The molecule has 8 heterocycles. The van der Waals surface area contributed by atoms with E-state index in [-0.39, 0.29) is 65.8 Å². The van der Waals surface area contributed by atoms with Crippen LogP contribution >= 0.6 is 15.9 Å². The number of nitrogens with one attached hydrogen (secondary N) is 2. The third kappa shape index (κ3) is 19.0. The molecule has 0 bridgehead atoms. The minimum Gasteiger partial charge on any atom is -0.461 e. The van der Waals surface area contributed by atoms with E-state index in [1.807, 2.05) is 6.07 Å². The van der Waals surface area contributed by atoms with Crippen molar-refractivity contribution in [2.45, 2.75) is 25.0 Å². The normalized spacial score (nSPS) is 10.2. The molecule has 0 aliphatic heterocycles. The van der Waals surface area contributed by atoms with E-state index in [1.54, 1.807) is 114 Å². The van der Waals surface area contributed by atoms with E-state index in [1.165, 1.54) is 76.9 Å². The van der Waals surface area contributed by atoms with Gasteiger partial charge in [0, 0.05) is 40.5 Å². The largest absolute Gasteiger partial charge is 0.461 e. The summed E-state index contributed by atoms with van der Waals surface area (Å²) in [4.78, 5) is 41.4. The molecule has 12 rings (SSSR count). The molecule has 86 heavy (non-hydrogen) atoms. The van der Waals surface area contributed by atoms with Crippen LogP contribution in [0.5, 0.6) is 5.88 Å². The maximum atomic E-state index is 13.7. The van der Waals surface area contributed by atoms with Gasteiger partial charge in [-0.3, -0.25) is 49.0 Å². The molecule has 4 N–H and O–H groups in total. The Morgan fingerprint density at radius 3 is 1.53 bits per heavy atom. The van der Waals surface area contributed by atoms with Crippen molar-refractivity contribution in [2.75, 3.05) is 11.1 Å². The predicted molar refractivity (Wildman–Crippen MR) is 302 cm³/mol. The first kappa shape index (κ1) is 62.0. The van der Waals surface area contributed by atoms with Crippen molar-refractivity contribution in [1.82, 2.24) is 49.9 Å². The maximum Gasteiger partial charge on any atom is 0.307 e. The molecular formula is C56H45BrF4N14O11. The van der Waals surface area contributed by atoms with Crippen molar-refractivity contribution in [3.8, 4) is 28.9 Å². The fourth-order valence-electron chi connectivity index (χ4n) is 6.88. The molecule has 440 valence electrons. The number of alkyl halides is 1. The maximum absolute atomic E-state index is 13.7. The van der Waals surface area contributed by atoms with Crippen LogP contribution in [0.2, 0.25) is 0 Å². The van der Waals surface area contributed by atoms with Crippen molar-refractivity contribution < 1.29 is 59.6 Å². The van der Waals surface area contributed by atoms with E-state index >= 15 is 0 Å². The lowest BCUT2D eigenvalue weighted by atomic mass is 10.2. The summed E-state index contributed by atoms with van der Waals surface area (Å²) in [6.45, 7) is 1.13. The van der Waals surface area contributed by atoms with Gasteiger partial charge in [-0.15, -0.1) is 0 Å². The predicted octanol–water partition coefficient (Wildman–Crippen LogP) is 11.7. The number of amides is 1. The van der Waals surface area contributed by atoms with Gasteiger partial charge in [0.2, 0.25) is 11.5 Å². The molecular weight excluding hydrogens is 1200 g/mol. The zero-order valence-corrected chi connectivity index (χ0v) is 45.8. The Morgan fingerprint density at radius 1 is 0.616 bits per heavy atom. The summed E-state index contributed by atoms with van der Waals surface area (Å²) in [6.07, 6.45) is 14.1. The first-order valence-corrected chi connectivity index (χ1v) is 25.8. The summed E-state index contributed by atoms with van der Waals surface area (Å²) < 4.78 is 81.8. The van der Waals surface area contributed by atoms with Crippen LogP contribution in [0.25, 0.3) is 23.0 Å². The molecule has 4 aromatic carbocycles. The number of anilines is 2. The minimum atomic E-state index is -0.537. The highest BCUT2D eigenvalue weighted by molar-refractivity contribution is 9.08. The van der Waals surface area contributed by atoms with Gasteiger partial charge in [0.25, 0.3) is 18.3 Å². The molecule has 0 radical (unpaired) electrons. The number of nitrogens with two attached hydrogens (primary N) is 1. The van der Waals surface area contributed by atoms with Crippen molar-refractivity contribution in [1.29, 1.82) is 0 Å². The van der Waals surface area contributed by atoms with Gasteiger partial charge in [-0.1, -0.05) is 93.9 Å². The summed E-state index contributed by atoms with van der Waals surface area (Å²) >= 11 is 3.17. The number of aromatic nitrogens is 10. The third-order valence-corrected chi connectivity index (χ3v) is 11.6. The molecule has 0 aliphatic rings. The number of hydrogen-bond donors (Lipinski definition) is 3. The Hall–Kier alpha value is -11.6. The van der Waals surface area contributed by atoms with Crippen LogP contribution in [0.4, 0.5) is 40.3 Å². The quantitative estimate of drug-likeness (QED) is 0.0282. The number of nitrogen functional groups attached to an aromatic ring is 1. The van der Waals surface area contributed by atoms with E-state index in [2.05, 4.69) is 61.8 Å². The highest BCUT2D eigenvalue weighted by Gasteiger charge is 2.17. The SMILES string of the molecule is Fc1ccccc1CBr.Nc1cnn(Cc2ccccc2F)c1.O=C(Nc1cnn(Cc2ccccc2F)c1)c1cc(-c2ccco2)on1.O=COc1cc(-c2ccco2)on1.O=[N+]([O-])c1cn[nH]c1.O=[N+]([O-])c1cnn(Cc2ccccc2F)c1. The number of H-pyrrole nitrogens is 1. The molecule has 1 amide bonds. The zero-order valence-electron chi connectivity index (χ0n) is 44.3. The Kier molecular flexibility index (Phi) is 22.8. The number of carbonyl (C=O) groups excluding carboxylic acids is 2. The second-order valence-corrected chi connectivity index (χ2v) is 17.6. The second kappa shape index (κ2) is 31.6. The van der Waals surface area contributed by atoms with E-state index in [9.17, 15) is 47.4 Å². The Balaban J connectivity index is 0.000000155. The number of aromatic amines is 1. The van der Waals surface area contributed by atoms with Gasteiger partial charge in [-0.25, -0.2) is 17.6 Å². The third-order valence-electron chi connectivity index (χ3n) is 11.0. The number of halogens is 5. The van der Waals surface area contributed by atoms with Crippen LogP contribution in [0, 0.1) is 43.5 Å². The highest BCUT2D eigenvalue weighted by atomic mass is 79.9. The van der Waals surface area contributed by atoms with E-state index < -0.39 is 15.8 Å². The van der Waals surface area contributed by atoms with Crippen LogP contribution in [0.1, 0.15) is 32.7 Å². The smallest absolute Gasteiger partial charge is 0.307 e. The number of benzene rings is 4. The number of nitro groups is 2. The number of rotatable bonds is 15. The zero-order chi connectivity index (χ0) is 61.2. The summed E-state index contributed by atoms with van der Waals surface area (Å²) in [5, 5.41) is 48.3. The molecule has 12 aromatic rings. The number of carbonyl (C=O) groups is 2. The van der Waals surface area contributed by atoms with Gasteiger partial charge >= 0.3 is 11.4 Å². The number of ether oxygens (including phenoxy) is 1. The van der Waals surface area contributed by atoms with Crippen LogP contribution in [0.3, 0.4) is 0 Å². The first-order chi connectivity index (χ1) is 41.7. The lowest BCUT2D eigenvalue weighted by molar-refractivity contribution is -0.385. The molecule has 0 saturated carbocycles. The molecule has 25 nitrogen and oxygen atoms in total.